The van der Waals surface area contributed by atoms with Gasteiger partial charge in [0.25, 0.3) is 0 Å². The van der Waals surface area contributed by atoms with E-state index in [-0.39, 0.29) is 17.1 Å². The number of carbonyl (C=O) groups is 1. The second-order valence-electron chi connectivity index (χ2n) is 2.69. The number of carbonyl (C=O) groups excluding carboxylic acids is 1. The lowest BCUT2D eigenvalue weighted by Gasteiger charge is -1.91. The highest BCUT2D eigenvalue weighted by Crippen LogP contribution is 2.40. The fourth-order valence-corrected chi connectivity index (χ4v) is 1.54. The number of halogens is 1. The summed E-state index contributed by atoms with van der Waals surface area (Å²) in [4.78, 5) is 10.9. The summed E-state index contributed by atoms with van der Waals surface area (Å²) in [5.74, 6) is 0.121. The molecule has 11 heavy (non-hydrogen) atoms. The molecule has 1 saturated carbocycles. The Bertz CT molecular complexity index is 281. The Balaban J connectivity index is 2.27. The zero-order valence-corrected chi connectivity index (χ0v) is 6.58. The van der Waals surface area contributed by atoms with Crippen LogP contribution in [0.4, 0.5) is 0 Å². The molecule has 1 aromatic carbocycles. The van der Waals surface area contributed by atoms with Crippen LogP contribution in [0.1, 0.15) is 11.5 Å². The van der Waals surface area contributed by atoms with Gasteiger partial charge in [0.2, 0.25) is 0 Å². The molecule has 1 nitrogen and oxygen atoms in total. The van der Waals surface area contributed by atoms with E-state index in [9.17, 15) is 4.79 Å². The SMILES string of the molecule is O=C1C(Cl)C1c1ccccc1. The average Bonchev–Trinajstić information content (AvgIpc) is 2.62. The Morgan fingerprint density at radius 1 is 1.18 bits per heavy atom. The number of benzene rings is 1. The van der Waals surface area contributed by atoms with Gasteiger partial charge < -0.3 is 0 Å². The Labute approximate surface area is 70.0 Å². The minimum Gasteiger partial charge on any atom is -0.297 e. The minimum atomic E-state index is -0.266. The molecule has 0 N–H and O–H groups in total. The molecule has 2 unspecified atom stereocenters. The standard InChI is InChI=1S/C9H7ClO/c10-8-7(9(8)11)6-4-2-1-3-5-6/h1-5,7-8H. The van der Waals surface area contributed by atoms with Crippen molar-refractivity contribution in [1.82, 2.24) is 0 Å². The number of hydrogen-bond acceptors (Lipinski definition) is 1. The first kappa shape index (κ1) is 6.86. The van der Waals surface area contributed by atoms with Crippen LogP contribution in [0.5, 0.6) is 0 Å². The molecule has 2 rings (SSSR count). The molecule has 0 saturated heterocycles. The molecule has 0 radical (unpaired) electrons. The zero-order chi connectivity index (χ0) is 7.84. The third-order valence-electron chi connectivity index (χ3n) is 1.92. The molecule has 0 amide bonds. The molecule has 1 aromatic rings. The third kappa shape index (κ3) is 1.05. The normalized spacial score (nSPS) is 28.6. The molecule has 2 atom stereocenters. The second-order valence-corrected chi connectivity index (χ2v) is 3.16. The summed E-state index contributed by atoms with van der Waals surface area (Å²) in [5.41, 5.74) is 1.04. The highest BCUT2D eigenvalue weighted by molar-refractivity contribution is 6.42. The fourth-order valence-electron chi connectivity index (χ4n) is 1.20. The number of alkyl halides is 1. The van der Waals surface area contributed by atoms with Gasteiger partial charge in [-0.2, -0.15) is 0 Å². The second kappa shape index (κ2) is 2.35. The van der Waals surface area contributed by atoms with Crippen molar-refractivity contribution in [1.29, 1.82) is 0 Å². The molecule has 1 aliphatic rings. The van der Waals surface area contributed by atoms with Crippen LogP contribution in [0.15, 0.2) is 30.3 Å². The summed E-state index contributed by atoms with van der Waals surface area (Å²) in [6, 6.07) is 9.64. The van der Waals surface area contributed by atoms with Gasteiger partial charge in [-0.1, -0.05) is 30.3 Å². The van der Waals surface area contributed by atoms with Crippen molar-refractivity contribution in [2.75, 3.05) is 0 Å². The average molecular weight is 167 g/mol. The van der Waals surface area contributed by atoms with E-state index in [0.717, 1.165) is 5.56 Å². The summed E-state index contributed by atoms with van der Waals surface area (Å²) >= 11 is 5.69. The number of Topliss-reactive ketones (excluding diaryl/α,β-unsaturated/α-hetero) is 1. The predicted octanol–water partition coefficient (Wildman–Crippen LogP) is 1.96. The lowest BCUT2D eigenvalue weighted by Crippen LogP contribution is -1.79. The first-order valence-corrected chi connectivity index (χ1v) is 3.97. The number of rotatable bonds is 1. The third-order valence-corrected chi connectivity index (χ3v) is 2.39. The number of hydrogen-bond donors (Lipinski definition) is 0. The highest BCUT2D eigenvalue weighted by atomic mass is 35.5. The zero-order valence-electron chi connectivity index (χ0n) is 5.83. The van der Waals surface area contributed by atoms with Crippen LogP contribution in [0.2, 0.25) is 0 Å². The topological polar surface area (TPSA) is 17.1 Å². The van der Waals surface area contributed by atoms with Crippen LogP contribution in [-0.4, -0.2) is 11.2 Å². The molecule has 0 aliphatic heterocycles. The van der Waals surface area contributed by atoms with Crippen molar-refractivity contribution in [3.05, 3.63) is 35.9 Å². The van der Waals surface area contributed by atoms with Crippen molar-refractivity contribution < 1.29 is 4.79 Å². The van der Waals surface area contributed by atoms with E-state index in [1.807, 2.05) is 30.3 Å². The van der Waals surface area contributed by atoms with Crippen molar-refractivity contribution in [3.63, 3.8) is 0 Å². The van der Waals surface area contributed by atoms with Gasteiger partial charge in [-0.15, -0.1) is 11.6 Å². The first-order valence-electron chi connectivity index (χ1n) is 3.53. The molecular formula is C9H7ClO. The van der Waals surface area contributed by atoms with Gasteiger partial charge in [0, 0.05) is 0 Å². The quantitative estimate of drug-likeness (QED) is 0.583. The molecule has 0 spiro atoms. The Morgan fingerprint density at radius 3 is 2.18 bits per heavy atom. The summed E-state index contributed by atoms with van der Waals surface area (Å²) in [7, 11) is 0. The number of ketones is 1. The summed E-state index contributed by atoms with van der Waals surface area (Å²) in [6.45, 7) is 0. The fraction of sp³-hybridized carbons (Fsp3) is 0.222. The molecule has 0 aromatic heterocycles. The van der Waals surface area contributed by atoms with E-state index >= 15 is 0 Å². The lowest BCUT2D eigenvalue weighted by atomic mass is 10.1. The van der Waals surface area contributed by atoms with E-state index in [2.05, 4.69) is 0 Å². The van der Waals surface area contributed by atoms with Gasteiger partial charge in [-0.25, -0.2) is 0 Å². The van der Waals surface area contributed by atoms with E-state index in [0.29, 0.717) is 0 Å². The van der Waals surface area contributed by atoms with Crippen molar-refractivity contribution in [2.24, 2.45) is 0 Å². The molecule has 2 heteroatoms. The van der Waals surface area contributed by atoms with Gasteiger partial charge in [-0.05, 0) is 5.56 Å². The maximum absolute atomic E-state index is 10.9. The lowest BCUT2D eigenvalue weighted by molar-refractivity contribution is -0.110. The van der Waals surface area contributed by atoms with Crippen LogP contribution in [0.3, 0.4) is 0 Å². The van der Waals surface area contributed by atoms with Gasteiger partial charge in [0.15, 0.2) is 5.78 Å². The van der Waals surface area contributed by atoms with Gasteiger partial charge in [0.1, 0.15) is 5.38 Å². The van der Waals surface area contributed by atoms with Crippen LogP contribution in [0.25, 0.3) is 0 Å². The first-order chi connectivity index (χ1) is 5.30. The monoisotopic (exact) mass is 166 g/mol. The van der Waals surface area contributed by atoms with E-state index in [4.69, 9.17) is 11.6 Å². The van der Waals surface area contributed by atoms with E-state index in [1.54, 1.807) is 0 Å². The highest BCUT2D eigenvalue weighted by Gasteiger charge is 2.48. The van der Waals surface area contributed by atoms with Crippen molar-refractivity contribution in [3.8, 4) is 0 Å². The summed E-state index contributed by atoms with van der Waals surface area (Å²) in [6.07, 6.45) is 0. The molecule has 56 valence electrons. The Hall–Kier alpha value is -0.820. The maximum Gasteiger partial charge on any atom is 0.161 e. The van der Waals surface area contributed by atoms with Crippen LogP contribution >= 0.6 is 11.6 Å². The minimum absolute atomic E-state index is 0.0298. The van der Waals surface area contributed by atoms with Crippen molar-refractivity contribution in [2.45, 2.75) is 11.3 Å². The van der Waals surface area contributed by atoms with E-state index < -0.39 is 0 Å². The van der Waals surface area contributed by atoms with Gasteiger partial charge in [-0.3, -0.25) is 4.79 Å². The van der Waals surface area contributed by atoms with E-state index in [1.165, 1.54) is 0 Å². The Morgan fingerprint density at radius 2 is 1.73 bits per heavy atom. The van der Waals surface area contributed by atoms with Gasteiger partial charge >= 0.3 is 0 Å². The van der Waals surface area contributed by atoms with Crippen LogP contribution in [-0.2, 0) is 4.79 Å². The van der Waals surface area contributed by atoms with Crippen LogP contribution in [0, 0.1) is 0 Å². The smallest absolute Gasteiger partial charge is 0.161 e. The predicted molar refractivity (Wildman–Crippen MR) is 43.8 cm³/mol. The largest absolute Gasteiger partial charge is 0.297 e. The molecular weight excluding hydrogens is 160 g/mol. The summed E-state index contributed by atoms with van der Waals surface area (Å²) < 4.78 is 0. The molecule has 1 aliphatic carbocycles. The molecule has 0 bridgehead atoms. The van der Waals surface area contributed by atoms with Gasteiger partial charge in [0.05, 0.1) is 5.92 Å². The Kier molecular flexibility index (Phi) is 1.46. The summed E-state index contributed by atoms with van der Waals surface area (Å²) in [5, 5.41) is -0.266. The molecule has 0 heterocycles. The van der Waals surface area contributed by atoms with Crippen molar-refractivity contribution >= 4 is 17.4 Å². The van der Waals surface area contributed by atoms with Crippen LogP contribution < -0.4 is 0 Å². The molecule has 1 fully saturated rings. The maximum atomic E-state index is 10.9.